The number of aromatic nitrogens is 2. The molecule has 6 heteroatoms. The minimum atomic E-state index is -0.100. The largest absolute Gasteiger partial charge is 0.338 e. The molecule has 2 aromatic rings. The zero-order valence-corrected chi connectivity index (χ0v) is 12.6. The maximum absolute atomic E-state index is 12.5. The molecule has 1 amide bonds. The summed E-state index contributed by atoms with van der Waals surface area (Å²) in [7, 11) is 0. The van der Waals surface area contributed by atoms with E-state index in [4.69, 9.17) is 0 Å². The highest BCUT2D eigenvalue weighted by Gasteiger charge is 2.33. The lowest BCUT2D eigenvalue weighted by atomic mass is 10.2. The summed E-state index contributed by atoms with van der Waals surface area (Å²) in [4.78, 5) is 30.7. The van der Waals surface area contributed by atoms with Crippen LogP contribution in [-0.4, -0.2) is 32.9 Å². The van der Waals surface area contributed by atoms with Gasteiger partial charge < -0.3 is 4.90 Å². The molecule has 0 aliphatic carbocycles. The minimum absolute atomic E-state index is 0.0310. The Kier molecular flexibility index (Phi) is 3.12. The Morgan fingerprint density at radius 2 is 2.15 bits per heavy atom. The Labute approximate surface area is 120 Å². The van der Waals surface area contributed by atoms with Crippen molar-refractivity contribution in [2.75, 3.05) is 6.54 Å². The normalized spacial score (nSPS) is 19.5. The number of aryl methyl sites for hydroxylation is 1. The summed E-state index contributed by atoms with van der Waals surface area (Å²) in [5.41, 5.74) is 1.78. The minimum Gasteiger partial charge on any atom is -0.338 e. The number of nitrogens with zero attached hydrogens (tertiary/aromatic N) is 3. The molecule has 0 radical (unpaired) electrons. The predicted molar refractivity (Wildman–Crippen MR) is 79.1 cm³/mol. The van der Waals surface area contributed by atoms with Gasteiger partial charge in [-0.15, -0.1) is 11.3 Å². The summed E-state index contributed by atoms with van der Waals surface area (Å²) in [5.74, 6) is 0.111. The molecule has 1 saturated heterocycles. The summed E-state index contributed by atoms with van der Waals surface area (Å²) < 4.78 is 2.30. The molecule has 1 fully saturated rings. The third-order valence-electron chi connectivity index (χ3n) is 3.84. The van der Waals surface area contributed by atoms with E-state index >= 15 is 0 Å². The number of fused-ring (bicyclic) bond motifs is 1. The molecular formula is C14H17N3O2S. The number of amides is 1. The predicted octanol–water partition coefficient (Wildman–Crippen LogP) is 1.95. The van der Waals surface area contributed by atoms with Crippen LogP contribution >= 0.6 is 11.3 Å². The van der Waals surface area contributed by atoms with E-state index < -0.39 is 0 Å². The van der Waals surface area contributed by atoms with E-state index in [0.717, 1.165) is 11.1 Å². The van der Waals surface area contributed by atoms with Gasteiger partial charge in [0.25, 0.3) is 5.56 Å². The molecule has 20 heavy (non-hydrogen) atoms. The maximum atomic E-state index is 12.5. The summed E-state index contributed by atoms with van der Waals surface area (Å²) in [6, 6.07) is 0.0700. The van der Waals surface area contributed by atoms with Gasteiger partial charge >= 0.3 is 0 Å². The SMILES string of the molecule is Cc1csc2c(=O)n([C@H]3CC(=O)N(C(C)C)C3)cnc12. The first kappa shape index (κ1) is 13.3. The Hall–Kier alpha value is -1.69. The van der Waals surface area contributed by atoms with Gasteiger partial charge in [0.2, 0.25) is 5.91 Å². The lowest BCUT2D eigenvalue weighted by Crippen LogP contribution is -2.33. The molecule has 5 nitrogen and oxygen atoms in total. The summed E-state index contributed by atoms with van der Waals surface area (Å²) in [6.45, 7) is 6.53. The van der Waals surface area contributed by atoms with Crippen LogP contribution in [0.3, 0.4) is 0 Å². The van der Waals surface area contributed by atoms with E-state index in [9.17, 15) is 9.59 Å². The summed E-state index contributed by atoms with van der Waals surface area (Å²) in [5, 5.41) is 1.95. The van der Waals surface area contributed by atoms with Crippen molar-refractivity contribution in [1.82, 2.24) is 14.5 Å². The number of carbonyl (C=O) groups excluding carboxylic acids is 1. The van der Waals surface area contributed by atoms with E-state index in [0.29, 0.717) is 17.7 Å². The zero-order chi connectivity index (χ0) is 14.4. The van der Waals surface area contributed by atoms with Crippen molar-refractivity contribution < 1.29 is 4.79 Å². The molecule has 1 aliphatic heterocycles. The van der Waals surface area contributed by atoms with Crippen molar-refractivity contribution in [3.8, 4) is 0 Å². The second kappa shape index (κ2) is 4.70. The van der Waals surface area contributed by atoms with Crippen molar-refractivity contribution >= 4 is 27.5 Å². The van der Waals surface area contributed by atoms with Crippen molar-refractivity contribution in [3.05, 3.63) is 27.6 Å². The Morgan fingerprint density at radius 3 is 2.80 bits per heavy atom. The Bertz CT molecular complexity index is 732. The first-order valence-corrected chi connectivity index (χ1v) is 7.61. The average molecular weight is 291 g/mol. The van der Waals surface area contributed by atoms with Crippen LogP contribution in [0.5, 0.6) is 0 Å². The molecule has 3 heterocycles. The fourth-order valence-corrected chi connectivity index (χ4v) is 3.64. The highest BCUT2D eigenvalue weighted by atomic mass is 32.1. The van der Waals surface area contributed by atoms with E-state index in [1.165, 1.54) is 11.3 Å². The van der Waals surface area contributed by atoms with Gasteiger partial charge in [0.05, 0.1) is 17.9 Å². The topological polar surface area (TPSA) is 55.2 Å². The van der Waals surface area contributed by atoms with Gasteiger partial charge in [0, 0.05) is 19.0 Å². The smallest absolute Gasteiger partial charge is 0.271 e. The van der Waals surface area contributed by atoms with Crippen molar-refractivity contribution in [2.24, 2.45) is 0 Å². The quantitative estimate of drug-likeness (QED) is 0.850. The van der Waals surface area contributed by atoms with Crippen molar-refractivity contribution in [1.29, 1.82) is 0 Å². The van der Waals surface area contributed by atoms with Crippen molar-refractivity contribution in [3.63, 3.8) is 0 Å². The van der Waals surface area contributed by atoms with Gasteiger partial charge in [0.15, 0.2) is 0 Å². The van der Waals surface area contributed by atoms with Gasteiger partial charge in [-0.1, -0.05) is 0 Å². The number of hydrogen-bond acceptors (Lipinski definition) is 4. The molecule has 0 aromatic carbocycles. The van der Waals surface area contributed by atoms with E-state index in [-0.39, 0.29) is 23.6 Å². The number of likely N-dealkylation sites (tertiary alicyclic amines) is 1. The molecule has 3 rings (SSSR count). The van der Waals surface area contributed by atoms with Crippen molar-refractivity contribution in [2.45, 2.75) is 39.3 Å². The Balaban J connectivity index is 2.02. The molecule has 0 spiro atoms. The fourth-order valence-electron chi connectivity index (χ4n) is 2.70. The first-order valence-electron chi connectivity index (χ1n) is 6.73. The van der Waals surface area contributed by atoms with Gasteiger partial charge in [-0.3, -0.25) is 14.2 Å². The van der Waals surface area contributed by atoms with Gasteiger partial charge in [-0.25, -0.2) is 4.98 Å². The van der Waals surface area contributed by atoms with E-state index in [1.807, 2.05) is 31.1 Å². The van der Waals surface area contributed by atoms with Gasteiger partial charge in [-0.05, 0) is 31.7 Å². The number of rotatable bonds is 2. The third kappa shape index (κ3) is 1.95. The third-order valence-corrected chi connectivity index (χ3v) is 4.91. The lowest BCUT2D eigenvalue weighted by Gasteiger charge is -2.21. The highest BCUT2D eigenvalue weighted by molar-refractivity contribution is 7.17. The molecular weight excluding hydrogens is 274 g/mol. The standard InChI is InChI=1S/C14H17N3O2S/c1-8(2)16-5-10(4-11(16)18)17-7-15-12-9(3)6-20-13(12)14(17)19/h6-8,10H,4-5H2,1-3H3/t10-/m0/s1. The molecule has 0 saturated carbocycles. The van der Waals surface area contributed by atoms with Gasteiger partial charge in [0.1, 0.15) is 4.70 Å². The second-order valence-electron chi connectivity index (χ2n) is 5.55. The molecule has 1 atom stereocenters. The fraction of sp³-hybridized carbons (Fsp3) is 0.500. The van der Waals surface area contributed by atoms with Crippen LogP contribution in [0.1, 0.15) is 31.9 Å². The number of thiophene rings is 1. The van der Waals surface area contributed by atoms with Crippen LogP contribution in [0.4, 0.5) is 0 Å². The van der Waals surface area contributed by atoms with Crippen LogP contribution in [0.15, 0.2) is 16.5 Å². The number of hydrogen-bond donors (Lipinski definition) is 0. The molecule has 106 valence electrons. The van der Waals surface area contributed by atoms with Crippen LogP contribution < -0.4 is 5.56 Å². The molecule has 0 N–H and O–H groups in total. The summed E-state index contributed by atoms with van der Waals surface area (Å²) in [6.07, 6.45) is 1.97. The van der Waals surface area contributed by atoms with E-state index in [1.54, 1.807) is 10.9 Å². The molecule has 0 unspecified atom stereocenters. The van der Waals surface area contributed by atoms with Crippen LogP contribution in [0.2, 0.25) is 0 Å². The average Bonchev–Trinajstić information content (AvgIpc) is 2.95. The molecule has 2 aromatic heterocycles. The van der Waals surface area contributed by atoms with Crippen LogP contribution in [-0.2, 0) is 4.79 Å². The first-order chi connectivity index (χ1) is 9.49. The van der Waals surface area contributed by atoms with Crippen LogP contribution in [0, 0.1) is 6.92 Å². The zero-order valence-electron chi connectivity index (χ0n) is 11.8. The number of carbonyl (C=O) groups is 1. The Morgan fingerprint density at radius 1 is 1.40 bits per heavy atom. The monoisotopic (exact) mass is 291 g/mol. The summed E-state index contributed by atoms with van der Waals surface area (Å²) >= 11 is 1.43. The van der Waals surface area contributed by atoms with Gasteiger partial charge in [-0.2, -0.15) is 0 Å². The lowest BCUT2D eigenvalue weighted by molar-refractivity contribution is -0.129. The molecule has 1 aliphatic rings. The second-order valence-corrected chi connectivity index (χ2v) is 6.43. The molecule has 0 bridgehead atoms. The van der Waals surface area contributed by atoms with Crippen LogP contribution in [0.25, 0.3) is 10.2 Å². The maximum Gasteiger partial charge on any atom is 0.271 e. The van der Waals surface area contributed by atoms with E-state index in [2.05, 4.69) is 4.98 Å². The highest BCUT2D eigenvalue weighted by Crippen LogP contribution is 2.25.